The summed E-state index contributed by atoms with van der Waals surface area (Å²) in [6, 6.07) is -0.525. The minimum Gasteiger partial charge on any atom is -0.481 e. The van der Waals surface area contributed by atoms with E-state index in [1.54, 1.807) is 0 Å². The molecule has 17 heavy (non-hydrogen) atoms. The fraction of sp³-hybridized carbons (Fsp3) is 0.833. The number of hydrogen-bond donors (Lipinski definition) is 3. The van der Waals surface area contributed by atoms with Gasteiger partial charge in [-0.1, -0.05) is 13.8 Å². The van der Waals surface area contributed by atoms with Crippen LogP contribution in [0.5, 0.6) is 0 Å². The predicted molar refractivity (Wildman–Crippen MR) is 64.3 cm³/mol. The van der Waals surface area contributed by atoms with E-state index >= 15 is 0 Å². The zero-order chi connectivity index (χ0) is 13.0. The van der Waals surface area contributed by atoms with Gasteiger partial charge in [-0.15, -0.1) is 0 Å². The molecule has 0 aromatic rings. The molecule has 1 amide bonds. The first-order chi connectivity index (χ1) is 7.91. The maximum atomic E-state index is 11.7. The van der Waals surface area contributed by atoms with Crippen LogP contribution in [0.1, 0.15) is 39.5 Å². The second-order valence-corrected chi connectivity index (χ2v) is 5.07. The molecule has 5 heteroatoms. The van der Waals surface area contributed by atoms with E-state index in [0.717, 1.165) is 12.8 Å². The molecule has 0 radical (unpaired) electrons. The van der Waals surface area contributed by atoms with Crippen LogP contribution >= 0.6 is 0 Å². The highest BCUT2D eigenvalue weighted by Crippen LogP contribution is 2.31. The largest absolute Gasteiger partial charge is 0.481 e. The molecule has 1 fully saturated rings. The van der Waals surface area contributed by atoms with E-state index < -0.39 is 12.0 Å². The Hall–Kier alpha value is -1.10. The van der Waals surface area contributed by atoms with Crippen LogP contribution < -0.4 is 11.1 Å². The molecule has 0 bridgehead atoms. The summed E-state index contributed by atoms with van der Waals surface area (Å²) in [6.45, 7) is 4.31. The summed E-state index contributed by atoms with van der Waals surface area (Å²) in [7, 11) is 0. The lowest BCUT2D eigenvalue weighted by molar-refractivity contribution is -0.137. The molecule has 1 aliphatic carbocycles. The number of hydrogen-bond acceptors (Lipinski definition) is 3. The number of aliphatic carboxylic acids is 1. The van der Waals surface area contributed by atoms with Crippen LogP contribution in [0, 0.1) is 11.8 Å². The summed E-state index contributed by atoms with van der Waals surface area (Å²) in [4.78, 5) is 22.1. The fourth-order valence-corrected chi connectivity index (χ4v) is 2.27. The van der Waals surface area contributed by atoms with Crippen molar-refractivity contribution in [3.8, 4) is 0 Å². The van der Waals surface area contributed by atoms with Crippen molar-refractivity contribution >= 4 is 11.9 Å². The first-order valence-corrected chi connectivity index (χ1v) is 6.19. The Kier molecular flexibility index (Phi) is 4.93. The molecule has 0 aromatic carbocycles. The van der Waals surface area contributed by atoms with Crippen molar-refractivity contribution in [3.63, 3.8) is 0 Å². The molecule has 1 rings (SSSR count). The lowest BCUT2D eigenvalue weighted by atomic mass is 9.97. The van der Waals surface area contributed by atoms with Gasteiger partial charge in [0.05, 0.1) is 6.04 Å². The summed E-state index contributed by atoms with van der Waals surface area (Å²) in [5.74, 6) is -0.0607. The zero-order valence-electron chi connectivity index (χ0n) is 10.5. The molecule has 5 nitrogen and oxygen atoms in total. The predicted octanol–water partition coefficient (Wildman–Crippen LogP) is 0.729. The van der Waals surface area contributed by atoms with E-state index in [9.17, 15) is 9.59 Å². The molecular weight excluding hydrogens is 220 g/mol. The molecule has 1 saturated carbocycles. The molecule has 98 valence electrons. The van der Waals surface area contributed by atoms with Gasteiger partial charge in [0.15, 0.2) is 0 Å². The first-order valence-electron chi connectivity index (χ1n) is 6.19. The lowest BCUT2D eigenvalue weighted by Gasteiger charge is -2.21. The van der Waals surface area contributed by atoms with Crippen molar-refractivity contribution in [1.82, 2.24) is 5.32 Å². The van der Waals surface area contributed by atoms with Crippen molar-refractivity contribution in [2.75, 3.05) is 0 Å². The monoisotopic (exact) mass is 242 g/mol. The minimum absolute atomic E-state index is 0.0643. The van der Waals surface area contributed by atoms with Crippen LogP contribution in [0.2, 0.25) is 0 Å². The van der Waals surface area contributed by atoms with Gasteiger partial charge in [-0.05, 0) is 31.1 Å². The zero-order valence-corrected chi connectivity index (χ0v) is 10.5. The van der Waals surface area contributed by atoms with Crippen LogP contribution in [0.15, 0.2) is 0 Å². The summed E-state index contributed by atoms with van der Waals surface area (Å²) < 4.78 is 0. The number of amides is 1. The van der Waals surface area contributed by atoms with E-state index in [4.69, 9.17) is 10.8 Å². The average Bonchev–Trinajstić information content (AvgIpc) is 2.57. The minimum atomic E-state index is -0.920. The Bertz CT molecular complexity index is 293. The Labute approximate surface area is 102 Å². The molecule has 0 aliphatic heterocycles. The fourth-order valence-electron chi connectivity index (χ4n) is 2.27. The highest BCUT2D eigenvalue weighted by Gasteiger charge is 2.31. The highest BCUT2D eigenvalue weighted by molar-refractivity contribution is 5.82. The number of carbonyl (C=O) groups is 2. The van der Waals surface area contributed by atoms with Gasteiger partial charge in [-0.25, -0.2) is 0 Å². The number of carbonyl (C=O) groups excluding carboxylic acids is 1. The van der Waals surface area contributed by atoms with E-state index in [-0.39, 0.29) is 24.8 Å². The molecule has 0 spiro atoms. The first kappa shape index (κ1) is 14.0. The molecule has 1 aliphatic rings. The van der Waals surface area contributed by atoms with Crippen LogP contribution in [-0.2, 0) is 9.59 Å². The number of nitrogens with two attached hydrogens (primary N) is 1. The van der Waals surface area contributed by atoms with Gasteiger partial charge in [-0.3, -0.25) is 9.59 Å². The van der Waals surface area contributed by atoms with Gasteiger partial charge in [0.25, 0.3) is 0 Å². The molecule has 4 N–H and O–H groups in total. The van der Waals surface area contributed by atoms with E-state index in [1.807, 2.05) is 0 Å². The van der Waals surface area contributed by atoms with Crippen molar-refractivity contribution < 1.29 is 14.7 Å². The Morgan fingerprint density at radius 3 is 2.53 bits per heavy atom. The highest BCUT2D eigenvalue weighted by atomic mass is 16.4. The summed E-state index contributed by atoms with van der Waals surface area (Å²) in [5, 5.41) is 11.4. The quantitative estimate of drug-likeness (QED) is 0.662. The molecule has 0 heterocycles. The third-order valence-corrected chi connectivity index (χ3v) is 3.80. The van der Waals surface area contributed by atoms with E-state index in [1.165, 1.54) is 0 Å². The molecule has 4 unspecified atom stereocenters. The number of carboxylic acids is 1. The molecule has 0 aromatic heterocycles. The standard InChI is InChI=1S/C12H22N2O3/c1-7-3-5-10(8(7)2)14-12(17)9(13)4-6-11(15)16/h7-10H,3-6,13H2,1-2H3,(H,14,17)(H,15,16). The second kappa shape index (κ2) is 6.00. The van der Waals surface area contributed by atoms with Crippen molar-refractivity contribution in [1.29, 1.82) is 0 Å². The Morgan fingerprint density at radius 2 is 2.06 bits per heavy atom. The number of rotatable bonds is 5. The Balaban J connectivity index is 2.36. The summed E-state index contributed by atoms with van der Waals surface area (Å²) in [6.07, 6.45) is 2.24. The van der Waals surface area contributed by atoms with Gasteiger partial charge < -0.3 is 16.2 Å². The van der Waals surface area contributed by atoms with Gasteiger partial charge in [-0.2, -0.15) is 0 Å². The summed E-state index contributed by atoms with van der Waals surface area (Å²) in [5.41, 5.74) is 5.65. The SMILES string of the molecule is CC1CCC(NC(=O)C(N)CCC(=O)O)C1C. The van der Waals surface area contributed by atoms with E-state index in [2.05, 4.69) is 19.2 Å². The van der Waals surface area contributed by atoms with Crippen LogP contribution in [0.25, 0.3) is 0 Å². The topological polar surface area (TPSA) is 92.4 Å². The van der Waals surface area contributed by atoms with Gasteiger partial charge >= 0.3 is 5.97 Å². The smallest absolute Gasteiger partial charge is 0.303 e. The number of nitrogens with one attached hydrogen (secondary N) is 1. The lowest BCUT2D eigenvalue weighted by Crippen LogP contribution is -2.46. The second-order valence-electron chi connectivity index (χ2n) is 5.07. The van der Waals surface area contributed by atoms with Crippen LogP contribution in [0.4, 0.5) is 0 Å². The van der Waals surface area contributed by atoms with Gasteiger partial charge in [0.1, 0.15) is 0 Å². The van der Waals surface area contributed by atoms with Gasteiger partial charge in [0.2, 0.25) is 5.91 Å². The van der Waals surface area contributed by atoms with Crippen molar-refractivity contribution in [3.05, 3.63) is 0 Å². The van der Waals surface area contributed by atoms with Gasteiger partial charge in [0, 0.05) is 12.5 Å². The third-order valence-electron chi connectivity index (χ3n) is 3.80. The van der Waals surface area contributed by atoms with Crippen LogP contribution in [0.3, 0.4) is 0 Å². The molecule has 0 saturated heterocycles. The normalized spacial score (nSPS) is 29.9. The molecule has 4 atom stereocenters. The van der Waals surface area contributed by atoms with Crippen molar-refractivity contribution in [2.45, 2.75) is 51.6 Å². The Morgan fingerprint density at radius 1 is 1.41 bits per heavy atom. The molecular formula is C12H22N2O3. The third kappa shape index (κ3) is 4.00. The average molecular weight is 242 g/mol. The maximum absolute atomic E-state index is 11.7. The maximum Gasteiger partial charge on any atom is 0.303 e. The van der Waals surface area contributed by atoms with Crippen molar-refractivity contribution in [2.24, 2.45) is 17.6 Å². The number of carboxylic acid groups (broad SMARTS) is 1. The summed E-state index contributed by atoms with van der Waals surface area (Å²) >= 11 is 0. The van der Waals surface area contributed by atoms with E-state index in [0.29, 0.717) is 11.8 Å². The van der Waals surface area contributed by atoms with Crippen LogP contribution in [-0.4, -0.2) is 29.1 Å².